The van der Waals surface area contributed by atoms with E-state index in [2.05, 4.69) is 29.1 Å². The maximum Gasteiger partial charge on any atom is 0.193 e. The van der Waals surface area contributed by atoms with Gasteiger partial charge in [-0.25, -0.2) is 0 Å². The molecule has 0 unspecified atom stereocenters. The molecule has 1 heterocycles. The lowest BCUT2D eigenvalue weighted by atomic mass is 10.2. The highest BCUT2D eigenvalue weighted by Gasteiger charge is 1.99. The minimum absolute atomic E-state index is 0.451. The molecule has 0 saturated carbocycles. The van der Waals surface area contributed by atoms with Crippen molar-refractivity contribution in [1.29, 1.82) is 0 Å². The summed E-state index contributed by atoms with van der Waals surface area (Å²) >= 11 is 0. The Balaban J connectivity index is 2.14. The Morgan fingerprint density at radius 2 is 2.22 bits per heavy atom. The first-order chi connectivity index (χ1) is 8.65. The van der Waals surface area contributed by atoms with Gasteiger partial charge in [-0.05, 0) is 30.2 Å². The lowest BCUT2D eigenvalue weighted by Gasteiger charge is -2.07. The predicted molar refractivity (Wildman–Crippen MR) is 76.7 cm³/mol. The first-order valence-electron chi connectivity index (χ1n) is 6.07. The van der Waals surface area contributed by atoms with Crippen molar-refractivity contribution in [2.24, 2.45) is 16.6 Å². The average molecular weight is 242 g/mol. The second kappa shape index (κ2) is 5.49. The summed E-state index contributed by atoms with van der Waals surface area (Å²) in [5, 5.41) is 4.17. The van der Waals surface area contributed by atoms with Gasteiger partial charge in [-0.15, -0.1) is 0 Å². The number of aromatic nitrogens is 1. The largest absolute Gasteiger partial charge is 0.370 e. The molecule has 4 heteroatoms. The summed E-state index contributed by atoms with van der Waals surface area (Å²) in [6.45, 7) is 4.95. The molecule has 0 radical (unpaired) electrons. The molecule has 0 aliphatic carbocycles. The fourth-order valence-corrected chi connectivity index (χ4v) is 1.62. The van der Waals surface area contributed by atoms with E-state index in [4.69, 9.17) is 5.73 Å². The zero-order valence-electron chi connectivity index (χ0n) is 10.7. The number of nitrogens with zero attached hydrogens (tertiary/aromatic N) is 2. The van der Waals surface area contributed by atoms with Gasteiger partial charge in [0.15, 0.2) is 5.96 Å². The molecular weight excluding hydrogens is 224 g/mol. The van der Waals surface area contributed by atoms with Crippen LogP contribution in [0, 0.1) is 5.92 Å². The number of fused-ring (bicyclic) bond motifs is 1. The number of pyridine rings is 1. The highest BCUT2D eigenvalue weighted by molar-refractivity contribution is 5.94. The number of rotatable bonds is 3. The van der Waals surface area contributed by atoms with Crippen molar-refractivity contribution in [2.75, 3.05) is 11.9 Å². The number of nitrogens with two attached hydrogens (primary N) is 1. The van der Waals surface area contributed by atoms with Crippen LogP contribution < -0.4 is 11.1 Å². The van der Waals surface area contributed by atoms with Crippen molar-refractivity contribution in [3.8, 4) is 0 Å². The van der Waals surface area contributed by atoms with Crippen LogP contribution >= 0.6 is 0 Å². The Morgan fingerprint density at radius 1 is 1.39 bits per heavy atom. The molecule has 0 bridgehead atoms. The maximum atomic E-state index is 5.82. The molecular formula is C14H18N4. The molecule has 4 nitrogen and oxygen atoms in total. The van der Waals surface area contributed by atoms with Gasteiger partial charge in [-0.1, -0.05) is 19.9 Å². The molecule has 0 aliphatic heterocycles. The molecule has 3 N–H and O–H groups in total. The van der Waals surface area contributed by atoms with Crippen LogP contribution in [-0.2, 0) is 0 Å². The maximum absolute atomic E-state index is 5.82. The van der Waals surface area contributed by atoms with Gasteiger partial charge in [0, 0.05) is 23.8 Å². The van der Waals surface area contributed by atoms with Crippen LogP contribution in [0.5, 0.6) is 0 Å². The number of guanidine groups is 1. The van der Waals surface area contributed by atoms with Crippen LogP contribution in [0.3, 0.4) is 0 Å². The van der Waals surface area contributed by atoms with Crippen molar-refractivity contribution < 1.29 is 0 Å². The van der Waals surface area contributed by atoms with Gasteiger partial charge in [0.1, 0.15) is 0 Å². The molecule has 0 spiro atoms. The average Bonchev–Trinajstić information content (AvgIpc) is 2.36. The van der Waals surface area contributed by atoms with E-state index in [-0.39, 0.29) is 0 Å². The van der Waals surface area contributed by atoms with Gasteiger partial charge >= 0.3 is 0 Å². The zero-order valence-corrected chi connectivity index (χ0v) is 10.7. The van der Waals surface area contributed by atoms with Gasteiger partial charge in [-0.2, -0.15) is 0 Å². The van der Waals surface area contributed by atoms with E-state index in [1.54, 1.807) is 6.20 Å². The smallest absolute Gasteiger partial charge is 0.193 e. The molecule has 94 valence electrons. The standard InChI is InChI=1S/C14H18N4/c1-10(2)9-17-14(15)18-12-5-6-13-11(8-12)4-3-7-16-13/h3-8,10H,9H2,1-2H3,(H3,15,17,18). The van der Waals surface area contributed by atoms with E-state index in [9.17, 15) is 0 Å². The lowest BCUT2D eigenvalue weighted by Crippen LogP contribution is -2.23. The van der Waals surface area contributed by atoms with Crippen LogP contribution in [0.1, 0.15) is 13.8 Å². The predicted octanol–water partition coefficient (Wildman–Crippen LogP) is 2.62. The van der Waals surface area contributed by atoms with Crippen molar-refractivity contribution in [2.45, 2.75) is 13.8 Å². The molecule has 18 heavy (non-hydrogen) atoms. The molecule has 1 aromatic carbocycles. The Morgan fingerprint density at radius 3 is 3.00 bits per heavy atom. The molecule has 2 rings (SSSR count). The summed E-state index contributed by atoms with van der Waals surface area (Å²) < 4.78 is 0. The monoisotopic (exact) mass is 242 g/mol. The second-order valence-corrected chi connectivity index (χ2v) is 4.66. The first-order valence-corrected chi connectivity index (χ1v) is 6.07. The second-order valence-electron chi connectivity index (χ2n) is 4.66. The van der Waals surface area contributed by atoms with E-state index in [1.807, 2.05) is 30.3 Å². The fraction of sp³-hybridized carbons (Fsp3) is 0.286. The fourth-order valence-electron chi connectivity index (χ4n) is 1.62. The van der Waals surface area contributed by atoms with Crippen LogP contribution in [0.25, 0.3) is 10.9 Å². The van der Waals surface area contributed by atoms with E-state index in [0.29, 0.717) is 11.9 Å². The number of benzene rings is 1. The third-order valence-electron chi connectivity index (χ3n) is 2.50. The van der Waals surface area contributed by atoms with Gasteiger partial charge in [0.05, 0.1) is 5.52 Å². The number of nitrogens with one attached hydrogen (secondary N) is 1. The van der Waals surface area contributed by atoms with Crippen LogP contribution in [0.2, 0.25) is 0 Å². The minimum atomic E-state index is 0.451. The number of hydrogen-bond acceptors (Lipinski definition) is 2. The lowest BCUT2D eigenvalue weighted by molar-refractivity contribution is 0.665. The van der Waals surface area contributed by atoms with Crippen LogP contribution in [-0.4, -0.2) is 17.5 Å². The Bertz CT molecular complexity index is 560. The summed E-state index contributed by atoms with van der Waals surface area (Å²) in [4.78, 5) is 8.54. The third kappa shape index (κ3) is 3.20. The first kappa shape index (κ1) is 12.4. The molecule has 1 aromatic heterocycles. The molecule has 2 aromatic rings. The summed E-state index contributed by atoms with van der Waals surface area (Å²) in [6, 6.07) is 9.87. The van der Waals surface area contributed by atoms with Gasteiger partial charge in [0.2, 0.25) is 0 Å². The van der Waals surface area contributed by atoms with E-state index in [0.717, 1.165) is 23.1 Å². The SMILES string of the molecule is CC(C)CN=C(N)Nc1ccc2ncccc2c1. The molecule has 0 aliphatic rings. The molecule has 0 fully saturated rings. The van der Waals surface area contributed by atoms with Crippen molar-refractivity contribution in [1.82, 2.24) is 4.98 Å². The molecule has 0 saturated heterocycles. The Kier molecular flexibility index (Phi) is 3.77. The van der Waals surface area contributed by atoms with Crippen LogP contribution in [0.15, 0.2) is 41.5 Å². The third-order valence-corrected chi connectivity index (χ3v) is 2.50. The number of hydrogen-bond donors (Lipinski definition) is 2. The van der Waals surface area contributed by atoms with E-state index < -0.39 is 0 Å². The number of aliphatic imine (C=N–C) groups is 1. The highest BCUT2D eigenvalue weighted by atomic mass is 15.1. The quantitative estimate of drug-likeness (QED) is 0.642. The zero-order chi connectivity index (χ0) is 13.0. The van der Waals surface area contributed by atoms with E-state index in [1.165, 1.54) is 0 Å². The summed E-state index contributed by atoms with van der Waals surface area (Å²) in [7, 11) is 0. The van der Waals surface area contributed by atoms with Gasteiger partial charge in [-0.3, -0.25) is 9.98 Å². The van der Waals surface area contributed by atoms with Crippen molar-refractivity contribution in [3.63, 3.8) is 0 Å². The van der Waals surface area contributed by atoms with Crippen molar-refractivity contribution >= 4 is 22.5 Å². The topological polar surface area (TPSA) is 63.3 Å². The highest BCUT2D eigenvalue weighted by Crippen LogP contribution is 2.16. The Labute approximate surface area is 107 Å². The summed E-state index contributed by atoms with van der Waals surface area (Å²) in [6.07, 6.45) is 1.79. The normalized spacial score (nSPS) is 12.1. The minimum Gasteiger partial charge on any atom is -0.370 e. The van der Waals surface area contributed by atoms with Crippen molar-refractivity contribution in [3.05, 3.63) is 36.5 Å². The molecule has 0 amide bonds. The summed E-state index contributed by atoms with van der Waals surface area (Å²) in [5.41, 5.74) is 7.73. The summed E-state index contributed by atoms with van der Waals surface area (Å²) in [5.74, 6) is 0.957. The molecule has 0 atom stereocenters. The van der Waals surface area contributed by atoms with E-state index >= 15 is 0 Å². The van der Waals surface area contributed by atoms with Crippen LogP contribution in [0.4, 0.5) is 5.69 Å². The van der Waals surface area contributed by atoms with Gasteiger partial charge in [0.25, 0.3) is 0 Å². The number of anilines is 1. The Hall–Kier alpha value is -2.10. The van der Waals surface area contributed by atoms with Gasteiger partial charge < -0.3 is 11.1 Å².